The van der Waals surface area contributed by atoms with Crippen LogP contribution in [0.25, 0.3) is 0 Å². The van der Waals surface area contributed by atoms with Gasteiger partial charge in [0.25, 0.3) is 0 Å². The lowest BCUT2D eigenvalue weighted by Gasteiger charge is -2.27. The molecule has 0 radical (unpaired) electrons. The standard InChI is InChI=1S/C28H25FOP.ClH/c29-24-19-16-23(17-20-24)18-21-25(30)22-31(26-10-4-1-5-11-26,27-12-6-2-7-13-27)28-14-8-3-9-15-28;/h1-17,19-20H,18,21-22H2;1H/q+1;/p-1. The van der Waals surface area contributed by atoms with Crippen LogP contribution in [0.5, 0.6) is 0 Å². The van der Waals surface area contributed by atoms with Crippen LogP contribution in [0.1, 0.15) is 12.0 Å². The van der Waals surface area contributed by atoms with Crippen molar-refractivity contribution in [2.24, 2.45) is 0 Å². The van der Waals surface area contributed by atoms with Crippen LogP contribution in [0.2, 0.25) is 0 Å². The van der Waals surface area contributed by atoms with Gasteiger partial charge in [-0.15, -0.1) is 0 Å². The first kappa shape index (κ1) is 23.9. The summed E-state index contributed by atoms with van der Waals surface area (Å²) in [5.41, 5.74) is 0.984. The van der Waals surface area contributed by atoms with Gasteiger partial charge in [-0.2, -0.15) is 0 Å². The van der Waals surface area contributed by atoms with Crippen molar-refractivity contribution < 1.29 is 21.6 Å². The third-order valence-corrected chi connectivity index (χ3v) is 9.98. The maximum Gasteiger partial charge on any atom is 0.171 e. The van der Waals surface area contributed by atoms with Crippen LogP contribution >= 0.6 is 7.26 Å². The minimum absolute atomic E-state index is 0. The molecular formula is C28H25ClFOP. The summed E-state index contributed by atoms with van der Waals surface area (Å²) in [5, 5.41) is 3.63. The first-order valence-corrected chi connectivity index (χ1v) is 12.5. The molecule has 0 aromatic heterocycles. The van der Waals surface area contributed by atoms with Crippen molar-refractivity contribution >= 4 is 29.0 Å². The molecule has 0 bridgehead atoms. The number of hydrogen-bond donors (Lipinski definition) is 0. The van der Waals surface area contributed by atoms with Crippen molar-refractivity contribution in [3.05, 3.63) is 127 Å². The van der Waals surface area contributed by atoms with Gasteiger partial charge in [0.1, 0.15) is 35.2 Å². The lowest BCUT2D eigenvalue weighted by molar-refractivity contribution is -0.116. The Labute approximate surface area is 196 Å². The van der Waals surface area contributed by atoms with Gasteiger partial charge in [0.2, 0.25) is 0 Å². The number of ketones is 1. The average molecular weight is 463 g/mol. The molecule has 0 amide bonds. The summed E-state index contributed by atoms with van der Waals surface area (Å²) in [6, 6.07) is 37.7. The van der Waals surface area contributed by atoms with Crippen molar-refractivity contribution in [3.8, 4) is 0 Å². The minimum Gasteiger partial charge on any atom is -1.00 e. The van der Waals surface area contributed by atoms with E-state index < -0.39 is 7.26 Å². The van der Waals surface area contributed by atoms with Crippen molar-refractivity contribution in [2.75, 3.05) is 6.16 Å². The van der Waals surface area contributed by atoms with Gasteiger partial charge in [0.05, 0.1) is 0 Å². The SMILES string of the molecule is O=C(CCc1ccc(F)cc1)C[P+](c1ccccc1)(c1ccccc1)c1ccccc1.[Cl-]. The Hall–Kier alpha value is -2.80. The number of halogens is 2. The van der Waals surface area contributed by atoms with E-state index in [1.54, 1.807) is 12.1 Å². The van der Waals surface area contributed by atoms with Crippen molar-refractivity contribution in [2.45, 2.75) is 12.8 Å². The Bertz CT molecular complexity index is 1020. The zero-order valence-electron chi connectivity index (χ0n) is 17.7. The molecule has 0 aliphatic carbocycles. The molecule has 32 heavy (non-hydrogen) atoms. The van der Waals surface area contributed by atoms with E-state index in [2.05, 4.69) is 72.8 Å². The number of hydrogen-bond acceptors (Lipinski definition) is 1. The second-order valence-corrected chi connectivity index (χ2v) is 11.1. The lowest BCUT2D eigenvalue weighted by Crippen LogP contribution is -3.00. The normalized spacial score (nSPS) is 10.9. The molecule has 162 valence electrons. The molecule has 0 fully saturated rings. The van der Waals surface area contributed by atoms with Gasteiger partial charge in [-0.3, -0.25) is 4.79 Å². The van der Waals surface area contributed by atoms with Gasteiger partial charge in [0.15, 0.2) is 5.78 Å². The highest BCUT2D eigenvalue weighted by atomic mass is 35.5. The predicted molar refractivity (Wildman–Crippen MR) is 130 cm³/mol. The van der Waals surface area contributed by atoms with Gasteiger partial charge in [-0.1, -0.05) is 66.7 Å². The largest absolute Gasteiger partial charge is 1.00 e. The van der Waals surface area contributed by atoms with Crippen LogP contribution in [0, 0.1) is 5.82 Å². The van der Waals surface area contributed by atoms with Crippen molar-refractivity contribution in [1.82, 2.24) is 0 Å². The van der Waals surface area contributed by atoms with Crippen LogP contribution in [0.3, 0.4) is 0 Å². The molecule has 4 heteroatoms. The first-order valence-electron chi connectivity index (χ1n) is 10.5. The maximum atomic E-state index is 13.4. The summed E-state index contributed by atoms with van der Waals surface area (Å²) in [7, 11) is -2.15. The number of rotatable bonds is 8. The second-order valence-electron chi connectivity index (χ2n) is 7.64. The average Bonchev–Trinajstić information content (AvgIpc) is 2.84. The predicted octanol–water partition coefficient (Wildman–Crippen LogP) is 2.33. The molecule has 0 atom stereocenters. The summed E-state index contributed by atoms with van der Waals surface area (Å²) >= 11 is 0. The van der Waals surface area contributed by atoms with Gasteiger partial charge >= 0.3 is 0 Å². The Morgan fingerprint density at radius 3 is 1.44 bits per heavy atom. The molecule has 4 aromatic carbocycles. The Morgan fingerprint density at radius 2 is 1.03 bits per heavy atom. The van der Waals surface area contributed by atoms with E-state index in [-0.39, 0.29) is 24.0 Å². The van der Waals surface area contributed by atoms with Crippen LogP contribution in [-0.2, 0) is 11.2 Å². The molecule has 1 nitrogen and oxygen atoms in total. The highest BCUT2D eigenvalue weighted by Crippen LogP contribution is 2.55. The zero-order chi connectivity index (χ0) is 21.5. The number of Topliss-reactive ketones (excluding diaryl/α,β-unsaturated/α-hetero) is 1. The summed E-state index contributed by atoms with van der Waals surface area (Å²) in [4.78, 5) is 13.4. The van der Waals surface area contributed by atoms with Gasteiger partial charge in [-0.25, -0.2) is 4.39 Å². The Balaban J connectivity index is 0.00000289. The molecule has 0 aliphatic rings. The summed E-state index contributed by atoms with van der Waals surface area (Å²) in [6.07, 6.45) is 1.55. The number of carbonyl (C=O) groups excluding carboxylic acids is 1. The molecule has 0 spiro atoms. The van der Waals surface area contributed by atoms with E-state index in [1.807, 2.05) is 18.2 Å². The third kappa shape index (κ3) is 5.33. The van der Waals surface area contributed by atoms with E-state index in [4.69, 9.17) is 0 Å². The highest BCUT2D eigenvalue weighted by Gasteiger charge is 2.46. The van der Waals surface area contributed by atoms with E-state index >= 15 is 0 Å². The fourth-order valence-corrected chi connectivity index (χ4v) is 8.22. The Morgan fingerprint density at radius 1 is 0.625 bits per heavy atom. The van der Waals surface area contributed by atoms with Gasteiger partial charge < -0.3 is 12.4 Å². The van der Waals surface area contributed by atoms with Crippen molar-refractivity contribution in [1.29, 1.82) is 0 Å². The molecule has 0 N–H and O–H groups in total. The number of carbonyl (C=O) groups is 1. The van der Waals surface area contributed by atoms with Crippen LogP contribution in [0.15, 0.2) is 115 Å². The number of aryl methyl sites for hydroxylation is 1. The van der Waals surface area contributed by atoms with E-state index in [9.17, 15) is 9.18 Å². The quantitative estimate of drug-likeness (QED) is 0.367. The summed E-state index contributed by atoms with van der Waals surface area (Å²) in [6.45, 7) is 0. The summed E-state index contributed by atoms with van der Waals surface area (Å²) in [5.74, 6) is -0.0218. The molecule has 0 unspecified atom stereocenters. The Kier molecular flexibility index (Phi) is 8.33. The van der Waals surface area contributed by atoms with Gasteiger partial charge in [0, 0.05) is 6.42 Å². The van der Waals surface area contributed by atoms with Gasteiger partial charge in [-0.05, 0) is 60.5 Å². The first-order chi connectivity index (χ1) is 15.2. The topological polar surface area (TPSA) is 17.1 Å². The van der Waals surface area contributed by atoms with Crippen LogP contribution in [0.4, 0.5) is 4.39 Å². The van der Waals surface area contributed by atoms with Crippen LogP contribution in [-0.4, -0.2) is 11.9 Å². The molecule has 4 aromatic rings. The smallest absolute Gasteiger partial charge is 0.171 e. The summed E-state index contributed by atoms with van der Waals surface area (Å²) < 4.78 is 13.2. The second kappa shape index (κ2) is 11.2. The number of benzene rings is 4. The molecule has 4 rings (SSSR count). The minimum atomic E-state index is -2.15. The van der Waals surface area contributed by atoms with Crippen molar-refractivity contribution in [3.63, 3.8) is 0 Å². The third-order valence-electron chi connectivity index (χ3n) is 5.61. The molecule has 0 saturated carbocycles. The van der Waals surface area contributed by atoms with E-state index in [1.165, 1.54) is 28.0 Å². The van der Waals surface area contributed by atoms with E-state index in [0.717, 1.165) is 5.56 Å². The molecule has 0 heterocycles. The molecule has 0 saturated heterocycles. The van der Waals surface area contributed by atoms with Crippen LogP contribution < -0.4 is 28.3 Å². The maximum absolute atomic E-state index is 13.4. The highest BCUT2D eigenvalue weighted by molar-refractivity contribution is 7.96. The lowest BCUT2D eigenvalue weighted by atomic mass is 10.1. The monoisotopic (exact) mass is 462 g/mol. The van der Waals surface area contributed by atoms with E-state index in [0.29, 0.717) is 19.0 Å². The molecule has 0 aliphatic heterocycles. The zero-order valence-corrected chi connectivity index (χ0v) is 19.4. The fraction of sp³-hybridized carbons (Fsp3) is 0.107. The fourth-order valence-electron chi connectivity index (χ4n) is 4.05. The molecular weight excluding hydrogens is 438 g/mol.